The molecule has 2 aromatic rings. The van der Waals surface area contributed by atoms with Crippen LogP contribution in [0.4, 0.5) is 16.5 Å². The van der Waals surface area contributed by atoms with Gasteiger partial charge in [0, 0.05) is 11.1 Å². The van der Waals surface area contributed by atoms with Crippen LogP contribution in [0.5, 0.6) is 0 Å². The van der Waals surface area contributed by atoms with Gasteiger partial charge in [0.15, 0.2) is 5.13 Å². The van der Waals surface area contributed by atoms with Crippen molar-refractivity contribution in [1.82, 2.24) is 4.98 Å². The molecule has 19 heavy (non-hydrogen) atoms. The number of hydrogen-bond donors (Lipinski definition) is 2. The Morgan fingerprint density at radius 1 is 1.53 bits per heavy atom. The molecule has 2 rings (SSSR count). The summed E-state index contributed by atoms with van der Waals surface area (Å²) in [6.07, 6.45) is 1.78. The van der Waals surface area contributed by atoms with Gasteiger partial charge in [-0.2, -0.15) is 0 Å². The molecule has 0 aliphatic carbocycles. The number of nitrogen functional groups attached to an aromatic ring is 1. The number of anilines is 3. The van der Waals surface area contributed by atoms with E-state index in [1.54, 1.807) is 31.3 Å². The maximum absolute atomic E-state index is 11.7. The molecule has 0 saturated carbocycles. The Morgan fingerprint density at radius 2 is 2.32 bits per heavy atom. The molecule has 0 radical (unpaired) electrons. The molecule has 0 saturated heterocycles. The Hall–Kier alpha value is -2.08. The lowest BCUT2D eigenvalue weighted by atomic mass is 10.2. The largest absolute Gasteiger partial charge is 0.462 e. The monoisotopic (exact) mass is 277 g/mol. The van der Waals surface area contributed by atoms with E-state index in [1.807, 2.05) is 6.92 Å². The van der Waals surface area contributed by atoms with Crippen LogP contribution in [0.2, 0.25) is 0 Å². The van der Waals surface area contributed by atoms with Gasteiger partial charge < -0.3 is 15.8 Å². The van der Waals surface area contributed by atoms with E-state index < -0.39 is 0 Å². The van der Waals surface area contributed by atoms with E-state index in [9.17, 15) is 4.79 Å². The third-order valence-corrected chi connectivity index (χ3v) is 3.26. The summed E-state index contributed by atoms with van der Waals surface area (Å²) in [6, 6.07) is 4.99. The fourth-order valence-corrected chi connectivity index (χ4v) is 2.21. The summed E-state index contributed by atoms with van der Waals surface area (Å²) in [5.41, 5.74) is 7.55. The van der Waals surface area contributed by atoms with Crippen molar-refractivity contribution in [3.05, 3.63) is 34.8 Å². The third kappa shape index (κ3) is 3.23. The second kappa shape index (κ2) is 5.71. The normalized spacial score (nSPS) is 10.2. The first-order valence-corrected chi connectivity index (χ1v) is 6.68. The second-order valence-electron chi connectivity index (χ2n) is 3.92. The molecular weight excluding hydrogens is 262 g/mol. The number of aromatic nitrogens is 1. The quantitative estimate of drug-likeness (QED) is 0.663. The minimum atomic E-state index is -0.360. The van der Waals surface area contributed by atoms with Crippen molar-refractivity contribution in [2.24, 2.45) is 0 Å². The molecule has 1 aromatic heterocycles. The summed E-state index contributed by atoms with van der Waals surface area (Å²) in [5, 5.41) is 3.85. The predicted octanol–water partition coefficient (Wildman–Crippen LogP) is 2.95. The lowest BCUT2D eigenvalue weighted by molar-refractivity contribution is 0.0526. The smallest absolute Gasteiger partial charge is 0.338 e. The van der Waals surface area contributed by atoms with Crippen molar-refractivity contribution < 1.29 is 9.53 Å². The first kappa shape index (κ1) is 13.4. The van der Waals surface area contributed by atoms with Gasteiger partial charge in [-0.3, -0.25) is 0 Å². The number of carbonyl (C=O) groups is 1. The number of aryl methyl sites for hydroxylation is 1. The number of esters is 1. The Balaban J connectivity index is 2.24. The first-order valence-electron chi connectivity index (χ1n) is 5.86. The number of nitrogens with one attached hydrogen (secondary N) is 1. The van der Waals surface area contributed by atoms with Gasteiger partial charge in [-0.05, 0) is 32.0 Å². The lowest BCUT2D eigenvalue weighted by Crippen LogP contribution is -2.06. The van der Waals surface area contributed by atoms with Gasteiger partial charge in [0.05, 0.1) is 23.5 Å². The Kier molecular flexibility index (Phi) is 4.01. The number of benzene rings is 1. The van der Waals surface area contributed by atoms with Gasteiger partial charge in [0.2, 0.25) is 0 Å². The average molecular weight is 277 g/mol. The van der Waals surface area contributed by atoms with E-state index in [2.05, 4.69) is 10.3 Å². The fourth-order valence-electron chi connectivity index (χ4n) is 1.53. The highest BCUT2D eigenvalue weighted by Crippen LogP contribution is 2.27. The Bertz CT molecular complexity index is 595. The fraction of sp³-hybridized carbons (Fsp3) is 0.231. The van der Waals surface area contributed by atoms with Gasteiger partial charge >= 0.3 is 5.97 Å². The van der Waals surface area contributed by atoms with Gasteiger partial charge in [-0.25, -0.2) is 9.78 Å². The zero-order valence-corrected chi connectivity index (χ0v) is 11.6. The zero-order chi connectivity index (χ0) is 13.8. The van der Waals surface area contributed by atoms with Crippen LogP contribution in [0.1, 0.15) is 22.2 Å². The molecule has 0 atom stereocenters. The van der Waals surface area contributed by atoms with Gasteiger partial charge in [-0.1, -0.05) is 0 Å². The molecule has 6 heteroatoms. The molecule has 0 bridgehead atoms. The van der Waals surface area contributed by atoms with Crippen LogP contribution < -0.4 is 11.1 Å². The van der Waals surface area contributed by atoms with E-state index >= 15 is 0 Å². The highest BCUT2D eigenvalue weighted by Gasteiger charge is 2.10. The summed E-state index contributed by atoms with van der Waals surface area (Å²) < 4.78 is 4.96. The molecule has 0 fully saturated rings. The average Bonchev–Trinajstić information content (AvgIpc) is 2.78. The predicted molar refractivity (Wildman–Crippen MR) is 76.9 cm³/mol. The topological polar surface area (TPSA) is 77.2 Å². The molecule has 5 nitrogen and oxygen atoms in total. The standard InChI is InChI=1S/C13H15N3O2S/c1-3-18-12(17)9-4-5-10(14)11(6-9)16-13-15-7-8(2)19-13/h4-7H,3,14H2,1-2H3,(H,15,16). The summed E-state index contributed by atoms with van der Waals surface area (Å²) in [7, 11) is 0. The second-order valence-corrected chi connectivity index (χ2v) is 5.16. The van der Waals surface area contributed by atoms with Crippen LogP contribution in [-0.2, 0) is 4.74 Å². The molecule has 0 unspecified atom stereocenters. The van der Waals surface area contributed by atoms with Crippen LogP contribution in [-0.4, -0.2) is 17.6 Å². The summed E-state index contributed by atoms with van der Waals surface area (Å²) >= 11 is 1.52. The van der Waals surface area contributed by atoms with Crippen LogP contribution >= 0.6 is 11.3 Å². The zero-order valence-electron chi connectivity index (χ0n) is 10.8. The number of thiazole rings is 1. The summed E-state index contributed by atoms with van der Waals surface area (Å²) in [5.74, 6) is -0.360. The van der Waals surface area contributed by atoms with Crippen molar-refractivity contribution in [3.8, 4) is 0 Å². The van der Waals surface area contributed by atoms with E-state index in [4.69, 9.17) is 10.5 Å². The molecule has 0 amide bonds. The van der Waals surface area contributed by atoms with Crippen LogP contribution in [0.25, 0.3) is 0 Å². The molecule has 0 aliphatic heterocycles. The van der Waals surface area contributed by atoms with Gasteiger partial charge in [-0.15, -0.1) is 11.3 Å². The molecule has 0 aliphatic rings. The van der Waals surface area contributed by atoms with Crippen molar-refractivity contribution in [3.63, 3.8) is 0 Å². The number of nitrogens with two attached hydrogens (primary N) is 1. The number of hydrogen-bond acceptors (Lipinski definition) is 6. The van der Waals surface area contributed by atoms with Crippen LogP contribution in [0.15, 0.2) is 24.4 Å². The molecule has 3 N–H and O–H groups in total. The first-order chi connectivity index (χ1) is 9.10. The van der Waals surface area contributed by atoms with E-state index in [1.165, 1.54) is 11.3 Å². The summed E-state index contributed by atoms with van der Waals surface area (Å²) in [4.78, 5) is 17.0. The lowest BCUT2D eigenvalue weighted by Gasteiger charge is -2.08. The molecule has 100 valence electrons. The molecular formula is C13H15N3O2S. The van der Waals surface area contributed by atoms with Crippen molar-refractivity contribution in [2.45, 2.75) is 13.8 Å². The minimum Gasteiger partial charge on any atom is -0.462 e. The molecule has 1 aromatic carbocycles. The Morgan fingerprint density at radius 3 is 2.95 bits per heavy atom. The number of ether oxygens (including phenoxy) is 1. The van der Waals surface area contributed by atoms with Gasteiger partial charge in [0.1, 0.15) is 0 Å². The number of nitrogens with zero attached hydrogens (tertiary/aromatic N) is 1. The number of carbonyl (C=O) groups excluding carboxylic acids is 1. The van der Waals surface area contributed by atoms with Crippen molar-refractivity contribution >= 4 is 33.8 Å². The van der Waals surface area contributed by atoms with Crippen LogP contribution in [0.3, 0.4) is 0 Å². The highest BCUT2D eigenvalue weighted by atomic mass is 32.1. The Labute approximate surface area is 115 Å². The SMILES string of the molecule is CCOC(=O)c1ccc(N)c(Nc2ncc(C)s2)c1. The van der Waals surface area contributed by atoms with Crippen molar-refractivity contribution in [2.75, 3.05) is 17.7 Å². The molecule has 1 heterocycles. The van der Waals surface area contributed by atoms with Crippen LogP contribution in [0, 0.1) is 6.92 Å². The van der Waals surface area contributed by atoms with E-state index in [0.717, 1.165) is 10.0 Å². The minimum absolute atomic E-state index is 0.345. The van der Waals surface area contributed by atoms with Gasteiger partial charge in [0.25, 0.3) is 0 Å². The van der Waals surface area contributed by atoms with E-state index in [0.29, 0.717) is 23.5 Å². The molecule has 0 spiro atoms. The maximum Gasteiger partial charge on any atom is 0.338 e. The third-order valence-electron chi connectivity index (χ3n) is 2.43. The number of rotatable bonds is 4. The highest BCUT2D eigenvalue weighted by molar-refractivity contribution is 7.15. The van der Waals surface area contributed by atoms with E-state index in [-0.39, 0.29) is 5.97 Å². The summed E-state index contributed by atoms with van der Waals surface area (Å²) in [6.45, 7) is 4.09. The maximum atomic E-state index is 11.7. The van der Waals surface area contributed by atoms with Crippen molar-refractivity contribution in [1.29, 1.82) is 0 Å².